The van der Waals surface area contributed by atoms with Crippen LogP contribution >= 0.6 is 0 Å². The molecule has 0 aromatic heterocycles. The van der Waals surface area contributed by atoms with Crippen molar-refractivity contribution in [1.82, 2.24) is 0 Å². The van der Waals surface area contributed by atoms with Crippen LogP contribution in [-0.4, -0.2) is 25.1 Å². The van der Waals surface area contributed by atoms with Crippen LogP contribution in [0.3, 0.4) is 0 Å². The summed E-state index contributed by atoms with van der Waals surface area (Å²) in [5, 5.41) is 0. The number of hydrogen-bond donors (Lipinski definition) is 0. The minimum absolute atomic E-state index is 0.136. The number of ether oxygens (including phenoxy) is 1. The number of hydrogen-bond acceptors (Lipinski definition) is 3. The molecular formula is C14H15NO2. The molecule has 17 heavy (non-hydrogen) atoms. The Morgan fingerprint density at radius 2 is 2.41 bits per heavy atom. The lowest BCUT2D eigenvalue weighted by Crippen LogP contribution is -2.39. The first-order valence-electron chi connectivity index (χ1n) is 6.28. The molecule has 1 aliphatic heterocycles. The van der Waals surface area contributed by atoms with E-state index in [2.05, 4.69) is 17.1 Å². The number of carbonyl (C=O) groups is 1. The number of rotatable bonds is 1. The SMILES string of the molecule is COC1=CCC2C(=C1)CC(=O)C1=NCC3CC132. The lowest BCUT2D eigenvalue weighted by atomic mass is 9.68. The average molecular weight is 229 g/mol. The first-order chi connectivity index (χ1) is 8.25. The fraction of sp³-hybridized carbons (Fsp3) is 0.571. The van der Waals surface area contributed by atoms with E-state index >= 15 is 0 Å². The summed E-state index contributed by atoms with van der Waals surface area (Å²) >= 11 is 0. The lowest BCUT2D eigenvalue weighted by Gasteiger charge is -2.35. The summed E-state index contributed by atoms with van der Waals surface area (Å²) in [6.07, 6.45) is 6.97. The van der Waals surface area contributed by atoms with E-state index in [4.69, 9.17) is 4.74 Å². The maximum atomic E-state index is 12.1. The molecule has 3 nitrogen and oxygen atoms in total. The summed E-state index contributed by atoms with van der Waals surface area (Å²) in [4.78, 5) is 16.6. The van der Waals surface area contributed by atoms with E-state index in [1.54, 1.807) is 7.11 Å². The van der Waals surface area contributed by atoms with Crippen molar-refractivity contribution in [2.24, 2.45) is 22.2 Å². The molecule has 0 amide bonds. The highest BCUT2D eigenvalue weighted by molar-refractivity contribution is 6.44. The molecule has 0 N–H and O–H groups in total. The van der Waals surface area contributed by atoms with E-state index in [1.165, 1.54) is 12.0 Å². The minimum Gasteiger partial charge on any atom is -0.497 e. The topological polar surface area (TPSA) is 38.7 Å². The second-order valence-corrected chi connectivity index (χ2v) is 5.55. The van der Waals surface area contributed by atoms with Crippen molar-refractivity contribution in [3.63, 3.8) is 0 Å². The van der Waals surface area contributed by atoms with Crippen molar-refractivity contribution in [2.75, 3.05) is 13.7 Å². The second-order valence-electron chi connectivity index (χ2n) is 5.55. The van der Waals surface area contributed by atoms with Gasteiger partial charge in [0, 0.05) is 18.4 Å². The van der Waals surface area contributed by atoms with Gasteiger partial charge in [-0.3, -0.25) is 9.79 Å². The summed E-state index contributed by atoms with van der Waals surface area (Å²) in [5.74, 6) is 2.33. The normalized spacial score (nSPS) is 41.7. The molecule has 3 unspecified atom stereocenters. The van der Waals surface area contributed by atoms with Crippen LogP contribution < -0.4 is 0 Å². The van der Waals surface area contributed by atoms with Gasteiger partial charge in [-0.25, -0.2) is 0 Å². The largest absolute Gasteiger partial charge is 0.497 e. The molecule has 3 aliphatic carbocycles. The first kappa shape index (κ1) is 9.63. The van der Waals surface area contributed by atoms with E-state index < -0.39 is 0 Å². The molecule has 88 valence electrons. The molecule has 0 bridgehead atoms. The highest BCUT2D eigenvalue weighted by Crippen LogP contribution is 2.67. The first-order valence-corrected chi connectivity index (χ1v) is 6.28. The third-order valence-electron chi connectivity index (χ3n) is 4.88. The Bertz CT molecular complexity index is 514. The molecule has 2 fully saturated rings. The van der Waals surface area contributed by atoms with Crippen LogP contribution in [0.2, 0.25) is 0 Å². The molecule has 0 radical (unpaired) electrons. The van der Waals surface area contributed by atoms with Crippen LogP contribution in [0.5, 0.6) is 0 Å². The van der Waals surface area contributed by atoms with Gasteiger partial charge in [0.25, 0.3) is 0 Å². The second kappa shape index (κ2) is 2.89. The maximum Gasteiger partial charge on any atom is 0.181 e. The number of methoxy groups -OCH3 is 1. The van der Waals surface area contributed by atoms with Crippen molar-refractivity contribution in [3.05, 3.63) is 23.5 Å². The molecular weight excluding hydrogens is 214 g/mol. The Kier molecular flexibility index (Phi) is 1.64. The molecule has 1 spiro atoms. The van der Waals surface area contributed by atoms with Crippen molar-refractivity contribution in [1.29, 1.82) is 0 Å². The Labute approximate surface area is 100 Å². The molecule has 0 saturated heterocycles. The van der Waals surface area contributed by atoms with Crippen LogP contribution in [0.25, 0.3) is 0 Å². The van der Waals surface area contributed by atoms with Gasteiger partial charge >= 0.3 is 0 Å². The van der Waals surface area contributed by atoms with Crippen LogP contribution in [0.4, 0.5) is 0 Å². The van der Waals surface area contributed by atoms with E-state index in [-0.39, 0.29) is 11.2 Å². The quantitative estimate of drug-likeness (QED) is 0.688. The number of ketones is 1. The van der Waals surface area contributed by atoms with Crippen molar-refractivity contribution in [3.8, 4) is 0 Å². The Balaban J connectivity index is 1.78. The predicted molar refractivity (Wildman–Crippen MR) is 63.7 cm³/mol. The smallest absolute Gasteiger partial charge is 0.181 e. The van der Waals surface area contributed by atoms with Crippen molar-refractivity contribution in [2.45, 2.75) is 19.3 Å². The van der Waals surface area contributed by atoms with Crippen molar-refractivity contribution < 1.29 is 9.53 Å². The summed E-state index contributed by atoms with van der Waals surface area (Å²) in [6, 6.07) is 0. The Hall–Kier alpha value is -1.38. The molecule has 3 heteroatoms. The van der Waals surface area contributed by atoms with Crippen LogP contribution in [0, 0.1) is 17.3 Å². The van der Waals surface area contributed by atoms with Gasteiger partial charge in [-0.2, -0.15) is 0 Å². The van der Waals surface area contributed by atoms with Gasteiger partial charge in [0.15, 0.2) is 5.78 Å². The van der Waals surface area contributed by atoms with E-state index in [0.717, 1.165) is 24.4 Å². The fourth-order valence-electron chi connectivity index (χ4n) is 4.01. The van der Waals surface area contributed by atoms with Gasteiger partial charge in [0.1, 0.15) is 5.76 Å². The number of aliphatic imine (C=N–C) groups is 1. The number of allylic oxidation sites excluding steroid dienone is 3. The Morgan fingerprint density at radius 3 is 3.18 bits per heavy atom. The molecule has 2 saturated carbocycles. The molecule has 4 rings (SSSR count). The number of carbonyl (C=O) groups excluding carboxylic acids is 1. The van der Waals surface area contributed by atoms with Gasteiger partial charge in [-0.15, -0.1) is 0 Å². The molecule has 4 aliphatic rings. The maximum absolute atomic E-state index is 12.1. The predicted octanol–water partition coefficient (Wildman–Crippen LogP) is 1.90. The highest BCUT2D eigenvalue weighted by atomic mass is 16.5. The van der Waals surface area contributed by atoms with E-state index in [1.807, 2.05) is 0 Å². The van der Waals surface area contributed by atoms with Gasteiger partial charge in [-0.05, 0) is 36.8 Å². The zero-order chi connectivity index (χ0) is 11.6. The standard InChI is InChI=1S/C14H15NO2/c1-17-10-2-3-11-8(4-10)5-12(16)13-14(11)6-9(14)7-15-13/h2,4,9,11H,3,5-7H2,1H3. The van der Waals surface area contributed by atoms with E-state index in [0.29, 0.717) is 18.3 Å². The Morgan fingerprint density at radius 1 is 1.53 bits per heavy atom. The van der Waals surface area contributed by atoms with Crippen LogP contribution in [-0.2, 0) is 9.53 Å². The number of fused-ring (bicyclic) bond motifs is 1. The molecule has 0 aromatic rings. The summed E-state index contributed by atoms with van der Waals surface area (Å²) < 4.78 is 5.28. The van der Waals surface area contributed by atoms with Gasteiger partial charge in [0.2, 0.25) is 0 Å². The van der Waals surface area contributed by atoms with Crippen molar-refractivity contribution >= 4 is 11.5 Å². The molecule has 3 atom stereocenters. The van der Waals surface area contributed by atoms with Crippen LogP contribution in [0.15, 0.2) is 28.5 Å². The minimum atomic E-state index is 0.136. The zero-order valence-corrected chi connectivity index (χ0v) is 9.90. The van der Waals surface area contributed by atoms with E-state index in [9.17, 15) is 4.79 Å². The third-order valence-corrected chi connectivity index (χ3v) is 4.88. The zero-order valence-electron chi connectivity index (χ0n) is 9.90. The van der Waals surface area contributed by atoms with Gasteiger partial charge < -0.3 is 4.74 Å². The number of nitrogens with zero attached hydrogens (tertiary/aromatic N) is 1. The summed E-state index contributed by atoms with van der Waals surface area (Å²) in [6.45, 7) is 0.881. The fourth-order valence-corrected chi connectivity index (χ4v) is 4.01. The monoisotopic (exact) mass is 229 g/mol. The summed E-state index contributed by atoms with van der Waals surface area (Å²) in [7, 11) is 1.69. The average Bonchev–Trinajstić information content (AvgIpc) is 2.93. The molecule has 1 heterocycles. The third kappa shape index (κ3) is 1.03. The molecule has 0 aromatic carbocycles. The number of Topliss-reactive ketones (excluding diaryl/α,β-unsaturated/α-hetero) is 1. The summed E-state index contributed by atoms with van der Waals surface area (Å²) in [5.41, 5.74) is 2.33. The van der Waals surface area contributed by atoms with Gasteiger partial charge in [0.05, 0.1) is 12.8 Å². The van der Waals surface area contributed by atoms with Crippen LogP contribution in [0.1, 0.15) is 19.3 Å². The highest BCUT2D eigenvalue weighted by Gasteiger charge is 2.68. The van der Waals surface area contributed by atoms with Gasteiger partial charge in [-0.1, -0.05) is 5.57 Å². The lowest BCUT2D eigenvalue weighted by molar-refractivity contribution is -0.113.